The molecule has 1 aromatic rings. The summed E-state index contributed by atoms with van der Waals surface area (Å²) in [6.07, 6.45) is 16.9. The molecule has 3 rings (SSSR count). The Morgan fingerprint density at radius 2 is 1.62 bits per heavy atom. The second-order valence-corrected chi connectivity index (χ2v) is 7.10. The van der Waals surface area contributed by atoms with Crippen LogP contribution in [0.4, 0.5) is 0 Å². The van der Waals surface area contributed by atoms with E-state index in [1.807, 2.05) is 0 Å². The van der Waals surface area contributed by atoms with Crippen molar-refractivity contribution in [3.63, 3.8) is 0 Å². The van der Waals surface area contributed by atoms with Crippen molar-refractivity contribution in [1.82, 2.24) is 9.78 Å². The van der Waals surface area contributed by atoms with E-state index >= 15 is 0 Å². The lowest BCUT2D eigenvalue weighted by Gasteiger charge is -2.24. The molecule has 1 heterocycles. The Morgan fingerprint density at radius 3 is 2.33 bits per heavy atom. The van der Waals surface area contributed by atoms with Crippen molar-refractivity contribution < 1.29 is 5.11 Å². The quantitative estimate of drug-likeness (QED) is 0.899. The molecule has 1 aromatic heterocycles. The molecule has 3 nitrogen and oxygen atoms in total. The molecule has 1 atom stereocenters. The van der Waals surface area contributed by atoms with E-state index < -0.39 is 0 Å². The molecule has 0 aliphatic heterocycles. The molecule has 2 aliphatic rings. The monoisotopic (exact) mass is 290 g/mol. The maximum atomic E-state index is 10.6. The number of rotatable bonds is 4. The fraction of sp³-hybridized carbons (Fsp3) is 0.833. The van der Waals surface area contributed by atoms with Crippen LogP contribution in [-0.4, -0.2) is 21.0 Å². The van der Waals surface area contributed by atoms with Gasteiger partial charge in [0, 0.05) is 12.6 Å². The number of aliphatic hydroxyl groups excluding tert-OH is 1. The van der Waals surface area contributed by atoms with Gasteiger partial charge >= 0.3 is 0 Å². The average Bonchev–Trinajstić information content (AvgIpc) is 3.07. The molecule has 21 heavy (non-hydrogen) atoms. The van der Waals surface area contributed by atoms with Gasteiger partial charge in [0.15, 0.2) is 0 Å². The molecule has 0 aromatic carbocycles. The van der Waals surface area contributed by atoms with Crippen LogP contribution in [0.3, 0.4) is 0 Å². The minimum Gasteiger partial charge on any atom is -0.392 e. The molecule has 2 fully saturated rings. The number of aromatic nitrogens is 2. The van der Waals surface area contributed by atoms with Crippen LogP contribution in [0.15, 0.2) is 12.3 Å². The highest BCUT2D eigenvalue weighted by Crippen LogP contribution is 2.29. The Hall–Kier alpha value is -0.830. The Morgan fingerprint density at radius 1 is 1.00 bits per heavy atom. The van der Waals surface area contributed by atoms with E-state index in [-0.39, 0.29) is 6.10 Å². The summed E-state index contributed by atoms with van der Waals surface area (Å²) in [6, 6.07) is 2.72. The lowest BCUT2D eigenvalue weighted by atomic mass is 9.85. The van der Waals surface area contributed by atoms with E-state index in [1.54, 1.807) is 0 Å². The molecular weight excluding hydrogens is 260 g/mol. The third-order valence-electron chi connectivity index (χ3n) is 5.47. The zero-order chi connectivity index (χ0) is 14.5. The summed E-state index contributed by atoms with van der Waals surface area (Å²) in [6.45, 7) is 0. The van der Waals surface area contributed by atoms with Crippen molar-refractivity contribution in [3.05, 3.63) is 18.0 Å². The number of hydrogen-bond donors (Lipinski definition) is 1. The molecule has 3 heteroatoms. The summed E-state index contributed by atoms with van der Waals surface area (Å²) in [7, 11) is 0. The highest BCUT2D eigenvalue weighted by molar-refractivity contribution is 5.02. The predicted octanol–water partition coefficient (Wildman–Crippen LogP) is 4.26. The van der Waals surface area contributed by atoms with Crippen molar-refractivity contribution in [1.29, 1.82) is 0 Å². The molecular formula is C18H30N2O. The Balaban J connectivity index is 1.54. The van der Waals surface area contributed by atoms with E-state index in [2.05, 4.69) is 16.9 Å². The molecule has 0 bridgehead atoms. The number of aliphatic hydroxyl groups is 1. The highest BCUT2D eigenvalue weighted by Gasteiger charge is 2.22. The Kier molecular flexibility index (Phi) is 5.34. The second-order valence-electron chi connectivity index (χ2n) is 7.10. The van der Waals surface area contributed by atoms with Crippen LogP contribution in [0.5, 0.6) is 0 Å². The fourth-order valence-electron chi connectivity index (χ4n) is 4.11. The molecule has 0 saturated heterocycles. The lowest BCUT2D eigenvalue weighted by molar-refractivity contribution is 0.0902. The van der Waals surface area contributed by atoms with Crippen LogP contribution in [0, 0.1) is 5.92 Å². The van der Waals surface area contributed by atoms with Gasteiger partial charge in [0.25, 0.3) is 0 Å². The third kappa shape index (κ3) is 4.09. The Labute approximate surface area is 128 Å². The van der Waals surface area contributed by atoms with Gasteiger partial charge in [-0.3, -0.25) is 4.68 Å². The molecule has 2 saturated carbocycles. The van der Waals surface area contributed by atoms with Gasteiger partial charge in [-0.2, -0.15) is 5.10 Å². The molecule has 118 valence electrons. The Bertz CT molecular complexity index is 415. The van der Waals surface area contributed by atoms with Gasteiger partial charge in [-0.05, 0) is 37.7 Å². The molecule has 0 amide bonds. The summed E-state index contributed by atoms with van der Waals surface area (Å²) in [4.78, 5) is 0. The standard InChI is InChI=1S/C18H30N2O/c21-18(15-8-4-2-1-3-5-9-15)14-16-12-13-20(19-16)17-10-6-7-11-17/h12-13,15,17-18,21H,1-11,14H2. The first-order valence-electron chi connectivity index (χ1n) is 9.05. The maximum Gasteiger partial charge on any atom is 0.0650 e. The van der Waals surface area contributed by atoms with Gasteiger partial charge < -0.3 is 5.11 Å². The smallest absolute Gasteiger partial charge is 0.0650 e. The molecule has 1 N–H and O–H groups in total. The van der Waals surface area contributed by atoms with Gasteiger partial charge in [0.2, 0.25) is 0 Å². The van der Waals surface area contributed by atoms with Crippen molar-refractivity contribution in [3.8, 4) is 0 Å². The van der Waals surface area contributed by atoms with Crippen molar-refractivity contribution >= 4 is 0 Å². The van der Waals surface area contributed by atoms with Gasteiger partial charge in [-0.25, -0.2) is 0 Å². The van der Waals surface area contributed by atoms with Gasteiger partial charge in [0.05, 0.1) is 17.8 Å². The van der Waals surface area contributed by atoms with Crippen LogP contribution in [0.1, 0.15) is 82.4 Å². The fourth-order valence-corrected chi connectivity index (χ4v) is 4.11. The van der Waals surface area contributed by atoms with E-state index in [0.29, 0.717) is 12.0 Å². The van der Waals surface area contributed by atoms with Gasteiger partial charge in [0.1, 0.15) is 0 Å². The second kappa shape index (κ2) is 7.44. The summed E-state index contributed by atoms with van der Waals surface area (Å²) >= 11 is 0. The maximum absolute atomic E-state index is 10.6. The van der Waals surface area contributed by atoms with Gasteiger partial charge in [-0.15, -0.1) is 0 Å². The van der Waals surface area contributed by atoms with Crippen molar-refractivity contribution in [2.24, 2.45) is 5.92 Å². The highest BCUT2D eigenvalue weighted by atomic mass is 16.3. The third-order valence-corrected chi connectivity index (χ3v) is 5.47. The normalized spacial score (nSPS) is 23.9. The van der Waals surface area contributed by atoms with E-state index in [4.69, 9.17) is 5.10 Å². The topological polar surface area (TPSA) is 38.0 Å². The van der Waals surface area contributed by atoms with Crippen LogP contribution in [0.2, 0.25) is 0 Å². The lowest BCUT2D eigenvalue weighted by Crippen LogP contribution is -2.24. The van der Waals surface area contributed by atoms with Crippen molar-refractivity contribution in [2.45, 2.75) is 89.2 Å². The van der Waals surface area contributed by atoms with Crippen LogP contribution in [0.25, 0.3) is 0 Å². The largest absolute Gasteiger partial charge is 0.392 e. The van der Waals surface area contributed by atoms with Crippen LogP contribution in [-0.2, 0) is 6.42 Å². The SMILES string of the molecule is OC(Cc1ccn(C2CCCC2)n1)C1CCCCCCC1. The first kappa shape index (κ1) is 15.1. The molecule has 0 spiro atoms. The van der Waals surface area contributed by atoms with E-state index in [0.717, 1.165) is 12.1 Å². The van der Waals surface area contributed by atoms with Crippen LogP contribution < -0.4 is 0 Å². The summed E-state index contributed by atoms with van der Waals surface area (Å²) < 4.78 is 2.15. The van der Waals surface area contributed by atoms with E-state index in [9.17, 15) is 5.11 Å². The molecule has 1 unspecified atom stereocenters. The minimum atomic E-state index is -0.199. The van der Waals surface area contributed by atoms with Crippen LogP contribution >= 0.6 is 0 Å². The minimum absolute atomic E-state index is 0.199. The summed E-state index contributed by atoms with van der Waals surface area (Å²) in [5.41, 5.74) is 1.08. The number of hydrogen-bond acceptors (Lipinski definition) is 2. The number of nitrogens with zero attached hydrogens (tertiary/aromatic N) is 2. The predicted molar refractivity (Wildman–Crippen MR) is 85.3 cm³/mol. The zero-order valence-electron chi connectivity index (χ0n) is 13.2. The van der Waals surface area contributed by atoms with E-state index in [1.165, 1.54) is 70.6 Å². The summed E-state index contributed by atoms with van der Waals surface area (Å²) in [5, 5.41) is 15.3. The average molecular weight is 290 g/mol. The molecule has 2 aliphatic carbocycles. The van der Waals surface area contributed by atoms with Gasteiger partial charge in [-0.1, -0.05) is 44.9 Å². The zero-order valence-corrected chi connectivity index (χ0v) is 13.2. The van der Waals surface area contributed by atoms with Crippen molar-refractivity contribution in [2.75, 3.05) is 0 Å². The summed E-state index contributed by atoms with van der Waals surface area (Å²) in [5.74, 6) is 0.488. The first-order chi connectivity index (χ1) is 10.3. The first-order valence-corrected chi connectivity index (χ1v) is 9.05. The molecule has 0 radical (unpaired) electrons.